The van der Waals surface area contributed by atoms with Gasteiger partial charge in [-0.2, -0.15) is 0 Å². The maximum atomic E-state index is 13.2. The lowest BCUT2D eigenvalue weighted by Gasteiger charge is -2.35. The molecule has 2 atom stereocenters. The number of hydrogen-bond donors (Lipinski definition) is 1. The van der Waals surface area contributed by atoms with Crippen LogP contribution in [0.1, 0.15) is 33.7 Å². The number of hydrogen-bond acceptors (Lipinski definition) is 6. The fourth-order valence-electron chi connectivity index (χ4n) is 4.72. The van der Waals surface area contributed by atoms with E-state index in [0.717, 1.165) is 23.4 Å². The smallest absolute Gasteiger partial charge is 0.252 e. The van der Waals surface area contributed by atoms with E-state index >= 15 is 0 Å². The summed E-state index contributed by atoms with van der Waals surface area (Å²) < 4.78 is 5.31. The minimum absolute atomic E-state index is 0.0338. The van der Waals surface area contributed by atoms with Crippen LogP contribution >= 0.6 is 0 Å². The van der Waals surface area contributed by atoms with E-state index in [-0.39, 0.29) is 17.7 Å². The zero-order chi connectivity index (χ0) is 22.2. The summed E-state index contributed by atoms with van der Waals surface area (Å²) >= 11 is 0. The van der Waals surface area contributed by atoms with Gasteiger partial charge in [0.05, 0.1) is 18.6 Å². The number of carbonyl (C=O) groups excluding carboxylic acids is 2. The molecule has 1 aromatic carbocycles. The summed E-state index contributed by atoms with van der Waals surface area (Å²) in [5, 5.41) is 3.26. The quantitative estimate of drug-likeness (QED) is 0.801. The highest BCUT2D eigenvalue weighted by atomic mass is 16.5. The first-order valence-corrected chi connectivity index (χ1v) is 10.5. The highest BCUT2D eigenvalue weighted by molar-refractivity contribution is 5.97. The Morgan fingerprint density at radius 1 is 1.32 bits per heavy atom. The number of likely N-dealkylation sites (tertiary alicyclic amines) is 1. The van der Waals surface area contributed by atoms with Crippen molar-refractivity contribution < 1.29 is 14.3 Å². The Bertz CT molecular complexity index is 991. The van der Waals surface area contributed by atoms with Gasteiger partial charge in [-0.05, 0) is 37.5 Å². The molecule has 1 N–H and O–H groups in total. The van der Waals surface area contributed by atoms with Crippen LogP contribution in [0.25, 0.3) is 0 Å². The molecule has 164 valence electrons. The van der Waals surface area contributed by atoms with Gasteiger partial charge in [-0.25, -0.2) is 9.97 Å². The largest absolute Gasteiger partial charge is 0.497 e. The van der Waals surface area contributed by atoms with Crippen molar-refractivity contribution in [3.8, 4) is 5.75 Å². The molecule has 1 spiro atoms. The number of methoxy groups -OCH3 is 1. The van der Waals surface area contributed by atoms with Gasteiger partial charge in [-0.15, -0.1) is 0 Å². The zero-order valence-corrected chi connectivity index (χ0v) is 18.5. The fraction of sp³-hybridized carbons (Fsp3) is 0.478. The molecule has 0 saturated carbocycles. The Hall–Kier alpha value is -3.00. The van der Waals surface area contributed by atoms with Gasteiger partial charge < -0.3 is 15.0 Å². The maximum Gasteiger partial charge on any atom is 0.252 e. The minimum Gasteiger partial charge on any atom is -0.497 e. The van der Waals surface area contributed by atoms with Crippen molar-refractivity contribution in [2.75, 3.05) is 34.3 Å². The number of aryl methyl sites for hydroxylation is 2. The Kier molecular flexibility index (Phi) is 5.66. The Morgan fingerprint density at radius 2 is 2.06 bits per heavy atom. The first-order valence-electron chi connectivity index (χ1n) is 10.5. The molecule has 3 heterocycles. The lowest BCUT2D eigenvalue weighted by Crippen LogP contribution is -2.57. The highest BCUT2D eigenvalue weighted by Crippen LogP contribution is 2.37. The van der Waals surface area contributed by atoms with E-state index in [1.54, 1.807) is 32.2 Å². The molecular weight excluding hydrogens is 394 g/mol. The third-order valence-corrected chi connectivity index (χ3v) is 6.36. The van der Waals surface area contributed by atoms with Gasteiger partial charge in [0, 0.05) is 57.3 Å². The van der Waals surface area contributed by atoms with Crippen molar-refractivity contribution in [3.63, 3.8) is 0 Å². The van der Waals surface area contributed by atoms with Crippen molar-refractivity contribution >= 4 is 11.8 Å². The summed E-state index contributed by atoms with van der Waals surface area (Å²) in [5.41, 5.74) is 1.97. The third-order valence-electron chi connectivity index (χ3n) is 6.36. The highest BCUT2D eigenvalue weighted by Gasteiger charge is 2.52. The van der Waals surface area contributed by atoms with Crippen molar-refractivity contribution in [2.24, 2.45) is 5.92 Å². The van der Waals surface area contributed by atoms with Crippen LogP contribution in [0.2, 0.25) is 0 Å². The number of amides is 2. The van der Waals surface area contributed by atoms with Gasteiger partial charge in [0.1, 0.15) is 11.6 Å². The molecule has 0 radical (unpaired) electrons. The van der Waals surface area contributed by atoms with Crippen LogP contribution in [0.3, 0.4) is 0 Å². The number of aromatic nitrogens is 2. The number of rotatable bonds is 4. The number of nitrogens with one attached hydrogen (secondary N) is 1. The molecule has 2 aliphatic rings. The SMILES string of the molecule is COc1ccc2c(c1)C(=O)N[C@@]1(CC2)CN(Cc2cnc(C)nc2)C[C@@H]1C(=O)N(C)C. The molecule has 0 aliphatic carbocycles. The molecule has 2 aromatic rings. The molecule has 8 nitrogen and oxygen atoms in total. The van der Waals surface area contributed by atoms with Gasteiger partial charge in [0.15, 0.2) is 0 Å². The van der Waals surface area contributed by atoms with Crippen LogP contribution in [0.5, 0.6) is 5.75 Å². The fourth-order valence-corrected chi connectivity index (χ4v) is 4.72. The number of fused-ring (bicyclic) bond motifs is 1. The van der Waals surface area contributed by atoms with Crippen LogP contribution in [0.15, 0.2) is 30.6 Å². The first kappa shape index (κ1) is 21.2. The topological polar surface area (TPSA) is 87.7 Å². The van der Waals surface area contributed by atoms with E-state index in [9.17, 15) is 9.59 Å². The van der Waals surface area contributed by atoms with Crippen LogP contribution < -0.4 is 10.1 Å². The molecule has 31 heavy (non-hydrogen) atoms. The lowest BCUT2D eigenvalue weighted by atomic mass is 9.81. The van der Waals surface area contributed by atoms with Crippen molar-refractivity contribution in [3.05, 3.63) is 53.1 Å². The standard InChI is InChI=1S/C23H29N5O3/c1-15-24-10-16(11-25-15)12-28-13-20(22(30)27(2)3)23(14-28)8-7-17-5-6-18(31-4)9-19(17)21(29)26-23/h5-6,9-11,20H,7-8,12-14H2,1-4H3,(H,26,29)/t20-,23+/m1/s1. The second-order valence-corrected chi connectivity index (χ2v) is 8.73. The molecule has 2 amide bonds. The summed E-state index contributed by atoms with van der Waals surface area (Å²) in [5.74, 6) is 0.939. The summed E-state index contributed by atoms with van der Waals surface area (Å²) in [6.45, 7) is 3.66. The van der Waals surface area contributed by atoms with Crippen molar-refractivity contribution in [2.45, 2.75) is 31.8 Å². The molecule has 1 fully saturated rings. The second-order valence-electron chi connectivity index (χ2n) is 8.73. The maximum absolute atomic E-state index is 13.2. The summed E-state index contributed by atoms with van der Waals surface area (Å²) in [6, 6.07) is 5.61. The van der Waals surface area contributed by atoms with E-state index in [0.29, 0.717) is 37.4 Å². The Morgan fingerprint density at radius 3 is 2.74 bits per heavy atom. The summed E-state index contributed by atoms with van der Waals surface area (Å²) in [6.07, 6.45) is 5.06. The number of nitrogens with zero attached hydrogens (tertiary/aromatic N) is 4. The second kappa shape index (κ2) is 8.26. The Labute approximate surface area is 182 Å². The molecule has 4 rings (SSSR count). The zero-order valence-electron chi connectivity index (χ0n) is 18.5. The molecule has 1 aromatic heterocycles. The Balaban J connectivity index is 1.64. The lowest BCUT2D eigenvalue weighted by molar-refractivity contribution is -0.134. The van der Waals surface area contributed by atoms with Crippen molar-refractivity contribution in [1.82, 2.24) is 25.1 Å². The molecular formula is C23H29N5O3. The predicted octanol–water partition coefficient (Wildman–Crippen LogP) is 1.43. The number of benzene rings is 1. The van der Waals surface area contributed by atoms with Crippen LogP contribution in [-0.4, -0.2) is 71.4 Å². The van der Waals surface area contributed by atoms with Crippen LogP contribution in [-0.2, 0) is 17.8 Å². The molecule has 0 bridgehead atoms. The monoisotopic (exact) mass is 423 g/mol. The average molecular weight is 424 g/mol. The average Bonchev–Trinajstić information content (AvgIpc) is 3.03. The van der Waals surface area contributed by atoms with Gasteiger partial charge in [-0.3, -0.25) is 14.5 Å². The molecule has 2 aliphatic heterocycles. The summed E-state index contributed by atoms with van der Waals surface area (Å²) in [4.78, 5) is 38.8. The normalized spacial score (nSPS) is 23.2. The summed E-state index contributed by atoms with van der Waals surface area (Å²) in [7, 11) is 5.13. The number of carbonyl (C=O) groups is 2. The van der Waals surface area contributed by atoms with E-state index in [1.165, 1.54) is 0 Å². The first-order chi connectivity index (χ1) is 14.8. The van der Waals surface area contributed by atoms with Gasteiger partial charge in [-0.1, -0.05) is 6.07 Å². The molecule has 1 saturated heterocycles. The van der Waals surface area contributed by atoms with Crippen LogP contribution in [0.4, 0.5) is 0 Å². The van der Waals surface area contributed by atoms with Gasteiger partial charge in [0.2, 0.25) is 5.91 Å². The van der Waals surface area contributed by atoms with E-state index in [2.05, 4.69) is 20.2 Å². The van der Waals surface area contributed by atoms with Gasteiger partial charge >= 0.3 is 0 Å². The number of ether oxygens (including phenoxy) is 1. The van der Waals surface area contributed by atoms with Crippen LogP contribution in [0, 0.1) is 12.8 Å². The third kappa shape index (κ3) is 4.12. The van der Waals surface area contributed by atoms with Crippen molar-refractivity contribution in [1.29, 1.82) is 0 Å². The van der Waals surface area contributed by atoms with E-state index < -0.39 is 5.54 Å². The van der Waals surface area contributed by atoms with E-state index in [1.807, 2.05) is 31.5 Å². The van der Waals surface area contributed by atoms with Gasteiger partial charge in [0.25, 0.3) is 5.91 Å². The molecule has 8 heteroatoms. The molecule has 0 unspecified atom stereocenters. The minimum atomic E-state index is -0.629. The van der Waals surface area contributed by atoms with E-state index in [4.69, 9.17) is 4.74 Å². The predicted molar refractivity (Wildman–Crippen MR) is 116 cm³/mol.